The smallest absolute Gasteiger partial charge is 0.178 e. The molecule has 0 radical (unpaired) electrons. The first kappa shape index (κ1) is 30.4. The second-order valence-electron chi connectivity index (χ2n) is 14.7. The molecule has 2 aliphatic carbocycles. The molecule has 5 aromatic rings. The Morgan fingerprint density at radius 3 is 2.22 bits per heavy atom. The molecule has 1 saturated heterocycles. The van der Waals surface area contributed by atoms with E-state index in [9.17, 15) is 0 Å². The van der Waals surface area contributed by atoms with E-state index < -0.39 is 5.60 Å². The van der Waals surface area contributed by atoms with Crippen LogP contribution < -0.4 is 19.3 Å². The van der Waals surface area contributed by atoms with E-state index >= 15 is 0 Å². The standard InChI is InChI=1S/C45H46N2O2/c1-46(2)32-22-20-31(21-23-32)45(30-14-6-4-7-15-30)25-24-37-38-29-41(48-3)40(47-26-12-5-13-27-47)28-39(38)42-35-18-10-8-16-33(35)34-17-9-11-19-36(34)43(42)44(37)49-45/h4,6-8,10,14-16,18,20-25,28-29,34,36H,5,9,11-13,17,19,26-27H2,1-3H3. The summed E-state index contributed by atoms with van der Waals surface area (Å²) in [6.45, 7) is 2.15. The molecule has 2 fully saturated rings. The van der Waals surface area contributed by atoms with Crippen LogP contribution in [0.15, 0.2) is 97.1 Å². The molecule has 4 heteroatoms. The molecule has 248 valence electrons. The van der Waals surface area contributed by atoms with E-state index in [1.54, 1.807) is 0 Å². The Hall–Kier alpha value is -4.70. The lowest BCUT2D eigenvalue weighted by Gasteiger charge is -2.44. The normalized spacial score (nSPS) is 22.4. The molecular formula is C45H46N2O2. The highest BCUT2D eigenvalue weighted by molar-refractivity contribution is 6.09. The molecule has 9 rings (SSSR count). The largest absolute Gasteiger partial charge is 0.495 e. The third-order valence-electron chi connectivity index (χ3n) is 11.9. The molecule has 2 aliphatic heterocycles. The summed E-state index contributed by atoms with van der Waals surface area (Å²) in [6.07, 6.45) is 13.4. The van der Waals surface area contributed by atoms with Crippen molar-refractivity contribution in [3.63, 3.8) is 0 Å². The number of methoxy groups -OCH3 is 1. The molecular weight excluding hydrogens is 601 g/mol. The molecule has 4 aliphatic rings. The number of fused-ring (bicyclic) bond motifs is 11. The number of ether oxygens (including phenoxy) is 2. The predicted octanol–water partition coefficient (Wildman–Crippen LogP) is 10.7. The molecule has 5 aromatic carbocycles. The molecule has 0 spiro atoms. The van der Waals surface area contributed by atoms with Gasteiger partial charge >= 0.3 is 0 Å². The van der Waals surface area contributed by atoms with Crippen LogP contribution >= 0.6 is 0 Å². The summed E-state index contributed by atoms with van der Waals surface area (Å²) in [4.78, 5) is 4.70. The fraction of sp³-hybridized carbons (Fsp3) is 0.333. The molecule has 4 nitrogen and oxygen atoms in total. The average Bonchev–Trinajstić information content (AvgIpc) is 3.17. The number of hydrogen-bond donors (Lipinski definition) is 0. The minimum atomic E-state index is -0.764. The van der Waals surface area contributed by atoms with Gasteiger partial charge in [0.1, 0.15) is 11.5 Å². The molecule has 0 N–H and O–H groups in total. The summed E-state index contributed by atoms with van der Waals surface area (Å²) in [5.41, 5.74) is 10.8. The van der Waals surface area contributed by atoms with Crippen LogP contribution in [0, 0.1) is 0 Å². The topological polar surface area (TPSA) is 24.9 Å². The highest BCUT2D eigenvalue weighted by Crippen LogP contribution is 2.61. The minimum Gasteiger partial charge on any atom is -0.495 e. The van der Waals surface area contributed by atoms with Crippen LogP contribution in [0.25, 0.3) is 28.0 Å². The van der Waals surface area contributed by atoms with Crippen LogP contribution in [-0.4, -0.2) is 34.3 Å². The SMILES string of the molecule is COc1cc2c3c(c4c(c2cc1N1CCCCC1)-c1ccccc1C1CCCCC41)OC(c1ccccc1)(c1ccc(N(C)C)cc1)C=C3. The second-order valence-corrected chi connectivity index (χ2v) is 14.7. The minimum absolute atomic E-state index is 0.411. The van der Waals surface area contributed by atoms with Crippen molar-refractivity contribution in [2.24, 2.45) is 0 Å². The highest BCUT2D eigenvalue weighted by atomic mass is 16.5. The maximum absolute atomic E-state index is 7.73. The van der Waals surface area contributed by atoms with Gasteiger partial charge in [0.2, 0.25) is 0 Å². The van der Waals surface area contributed by atoms with Crippen LogP contribution in [0.1, 0.15) is 84.6 Å². The van der Waals surface area contributed by atoms with Gasteiger partial charge in [0, 0.05) is 55.1 Å². The lowest BCUT2D eigenvalue weighted by Crippen LogP contribution is -2.35. The van der Waals surface area contributed by atoms with E-state index in [2.05, 4.69) is 127 Å². The van der Waals surface area contributed by atoms with Gasteiger partial charge in [0.05, 0.1) is 12.8 Å². The van der Waals surface area contributed by atoms with Gasteiger partial charge in [-0.2, -0.15) is 0 Å². The predicted molar refractivity (Wildman–Crippen MR) is 204 cm³/mol. The maximum Gasteiger partial charge on any atom is 0.178 e. The highest BCUT2D eigenvalue weighted by Gasteiger charge is 2.44. The Kier molecular flexibility index (Phi) is 7.45. The van der Waals surface area contributed by atoms with Gasteiger partial charge in [-0.3, -0.25) is 0 Å². The third kappa shape index (κ3) is 4.78. The monoisotopic (exact) mass is 646 g/mol. The van der Waals surface area contributed by atoms with Crippen molar-refractivity contribution in [3.8, 4) is 22.6 Å². The first-order chi connectivity index (χ1) is 24.1. The van der Waals surface area contributed by atoms with E-state index in [4.69, 9.17) is 9.47 Å². The van der Waals surface area contributed by atoms with Crippen molar-refractivity contribution >= 4 is 28.2 Å². The van der Waals surface area contributed by atoms with Crippen molar-refractivity contribution < 1.29 is 9.47 Å². The van der Waals surface area contributed by atoms with Gasteiger partial charge in [-0.25, -0.2) is 0 Å². The lowest BCUT2D eigenvalue weighted by molar-refractivity contribution is 0.157. The van der Waals surface area contributed by atoms with Gasteiger partial charge in [-0.05, 0) is 108 Å². The van der Waals surface area contributed by atoms with Crippen LogP contribution in [0.4, 0.5) is 11.4 Å². The van der Waals surface area contributed by atoms with Gasteiger partial charge in [-0.15, -0.1) is 0 Å². The zero-order valence-electron chi connectivity index (χ0n) is 29.0. The summed E-state index contributed by atoms with van der Waals surface area (Å²) >= 11 is 0. The molecule has 3 unspecified atom stereocenters. The quantitative estimate of drug-likeness (QED) is 0.190. The van der Waals surface area contributed by atoms with Crippen LogP contribution in [0.3, 0.4) is 0 Å². The lowest BCUT2D eigenvalue weighted by atomic mass is 9.64. The number of hydrogen-bond acceptors (Lipinski definition) is 4. The average molecular weight is 647 g/mol. The zero-order valence-corrected chi connectivity index (χ0v) is 29.0. The number of anilines is 2. The van der Waals surface area contributed by atoms with Gasteiger partial charge in [0.25, 0.3) is 0 Å². The maximum atomic E-state index is 7.73. The summed E-state index contributed by atoms with van der Waals surface area (Å²) in [5.74, 6) is 2.90. The molecule has 1 saturated carbocycles. The fourth-order valence-corrected chi connectivity index (χ4v) is 9.45. The van der Waals surface area contributed by atoms with Crippen LogP contribution in [-0.2, 0) is 5.60 Å². The summed E-state index contributed by atoms with van der Waals surface area (Å²) in [5, 5.41) is 2.53. The van der Waals surface area contributed by atoms with Crippen LogP contribution in [0.2, 0.25) is 0 Å². The number of piperidine rings is 1. The van der Waals surface area contributed by atoms with Crippen molar-refractivity contribution in [1.29, 1.82) is 0 Å². The Labute approximate surface area is 291 Å². The van der Waals surface area contributed by atoms with Crippen molar-refractivity contribution in [2.45, 2.75) is 62.4 Å². The molecule has 0 aromatic heterocycles. The Bertz CT molecular complexity index is 2060. The summed E-state index contributed by atoms with van der Waals surface area (Å²) in [6, 6.07) is 33.7. The Balaban J connectivity index is 1.36. The van der Waals surface area contributed by atoms with Gasteiger partial charge in [0.15, 0.2) is 5.60 Å². The molecule has 0 amide bonds. The van der Waals surface area contributed by atoms with Crippen molar-refractivity contribution in [2.75, 3.05) is 44.1 Å². The molecule has 0 bridgehead atoms. The fourth-order valence-electron chi connectivity index (χ4n) is 9.45. The summed E-state index contributed by atoms with van der Waals surface area (Å²) < 4.78 is 13.9. The molecule has 49 heavy (non-hydrogen) atoms. The summed E-state index contributed by atoms with van der Waals surface area (Å²) in [7, 11) is 6.01. The Morgan fingerprint density at radius 2 is 1.47 bits per heavy atom. The number of rotatable bonds is 5. The van der Waals surface area contributed by atoms with E-state index in [1.165, 1.54) is 94.9 Å². The van der Waals surface area contributed by atoms with Crippen LogP contribution in [0.5, 0.6) is 11.5 Å². The van der Waals surface area contributed by atoms with Crippen molar-refractivity contribution in [1.82, 2.24) is 0 Å². The van der Waals surface area contributed by atoms with E-state index in [-0.39, 0.29) is 0 Å². The van der Waals surface area contributed by atoms with E-state index in [1.807, 2.05) is 7.11 Å². The zero-order chi connectivity index (χ0) is 33.1. The first-order valence-corrected chi connectivity index (χ1v) is 18.3. The molecule has 3 atom stereocenters. The first-order valence-electron chi connectivity index (χ1n) is 18.3. The van der Waals surface area contributed by atoms with Crippen molar-refractivity contribution in [3.05, 3.63) is 125 Å². The number of nitrogens with zero attached hydrogens (tertiary/aromatic N) is 2. The third-order valence-corrected chi connectivity index (χ3v) is 11.9. The van der Waals surface area contributed by atoms with E-state index in [0.717, 1.165) is 35.7 Å². The Morgan fingerprint density at radius 1 is 0.755 bits per heavy atom. The van der Waals surface area contributed by atoms with E-state index in [0.29, 0.717) is 11.8 Å². The van der Waals surface area contributed by atoms with Gasteiger partial charge < -0.3 is 19.3 Å². The van der Waals surface area contributed by atoms with Gasteiger partial charge in [-0.1, -0.05) is 79.6 Å². The number of benzene rings is 5. The molecule has 2 heterocycles. The second kappa shape index (κ2) is 12.0.